The van der Waals surface area contributed by atoms with Gasteiger partial charge in [0.15, 0.2) is 0 Å². The van der Waals surface area contributed by atoms with Crippen molar-refractivity contribution >= 4 is 23.2 Å². The first-order valence-electron chi connectivity index (χ1n) is 7.85. The minimum Gasteiger partial charge on any atom is -0.467 e. The van der Waals surface area contributed by atoms with Gasteiger partial charge in [0.2, 0.25) is 11.8 Å². The predicted octanol–water partition coefficient (Wildman–Crippen LogP) is 2.20. The number of carbonyl (C=O) groups excluding carboxylic acids is 2. The molecule has 1 atom stereocenters. The number of methoxy groups -OCH3 is 1. The number of hydrogen-bond donors (Lipinski definition) is 0. The summed E-state index contributed by atoms with van der Waals surface area (Å²) in [6.45, 7) is 2.60. The Kier molecular flexibility index (Phi) is 4.94. The number of amides is 1. The van der Waals surface area contributed by atoms with Crippen LogP contribution >= 0.6 is 11.3 Å². The lowest BCUT2D eigenvalue weighted by atomic mass is 10.2. The molecule has 24 heavy (non-hydrogen) atoms. The maximum atomic E-state index is 12.4. The molecule has 1 fully saturated rings. The maximum Gasteiger partial charge on any atom is 0.328 e. The Bertz CT molecular complexity index is 739. The number of hydrogen-bond acceptors (Lipinski definition) is 7. The summed E-state index contributed by atoms with van der Waals surface area (Å²) in [4.78, 5) is 27.7. The molecule has 0 N–H and O–H groups in total. The number of esters is 1. The van der Waals surface area contributed by atoms with E-state index in [0.29, 0.717) is 31.2 Å². The Hall–Kier alpha value is -2.22. The van der Waals surface area contributed by atoms with Gasteiger partial charge >= 0.3 is 5.97 Å². The third-order valence-electron chi connectivity index (χ3n) is 4.02. The van der Waals surface area contributed by atoms with Crippen LogP contribution in [0.4, 0.5) is 0 Å². The van der Waals surface area contributed by atoms with E-state index in [1.54, 1.807) is 16.2 Å². The van der Waals surface area contributed by atoms with Gasteiger partial charge in [0.25, 0.3) is 5.89 Å². The first-order chi connectivity index (χ1) is 11.6. The van der Waals surface area contributed by atoms with E-state index in [1.807, 2.05) is 19.1 Å². The molecule has 0 aromatic carbocycles. The lowest BCUT2D eigenvalue weighted by Gasteiger charge is -2.22. The molecule has 0 bridgehead atoms. The zero-order chi connectivity index (χ0) is 17.1. The number of likely N-dealkylation sites (tertiary alicyclic amines) is 1. The molecule has 0 aliphatic carbocycles. The molecule has 0 spiro atoms. The average Bonchev–Trinajstić information content (AvgIpc) is 3.31. The van der Waals surface area contributed by atoms with Crippen LogP contribution in [0, 0.1) is 6.92 Å². The summed E-state index contributed by atoms with van der Waals surface area (Å²) >= 11 is 1.58. The van der Waals surface area contributed by atoms with E-state index in [-0.39, 0.29) is 18.3 Å². The number of aromatic nitrogens is 2. The van der Waals surface area contributed by atoms with Gasteiger partial charge in [-0.3, -0.25) is 4.79 Å². The first-order valence-corrected chi connectivity index (χ1v) is 8.66. The van der Waals surface area contributed by atoms with Gasteiger partial charge < -0.3 is 14.1 Å². The zero-order valence-corrected chi connectivity index (χ0v) is 14.5. The smallest absolute Gasteiger partial charge is 0.328 e. The summed E-state index contributed by atoms with van der Waals surface area (Å²) in [6, 6.07) is 3.47. The highest BCUT2D eigenvalue weighted by Crippen LogP contribution is 2.26. The minimum atomic E-state index is -0.463. The van der Waals surface area contributed by atoms with Crippen LogP contribution in [-0.2, 0) is 20.7 Å². The lowest BCUT2D eigenvalue weighted by molar-refractivity contribution is -0.150. The molecule has 1 amide bonds. The Balaban J connectivity index is 1.58. The summed E-state index contributed by atoms with van der Waals surface area (Å²) < 4.78 is 10.4. The number of aryl methyl sites for hydroxylation is 2. The normalized spacial score (nSPS) is 17.2. The number of ether oxygens (including phenoxy) is 1. The van der Waals surface area contributed by atoms with Crippen LogP contribution in [0.25, 0.3) is 10.8 Å². The van der Waals surface area contributed by atoms with Crippen molar-refractivity contribution in [1.29, 1.82) is 0 Å². The highest BCUT2D eigenvalue weighted by molar-refractivity contribution is 7.15. The molecule has 2 aromatic rings. The Morgan fingerprint density at radius 2 is 2.25 bits per heavy atom. The fourth-order valence-electron chi connectivity index (χ4n) is 2.81. The third kappa shape index (κ3) is 3.48. The Morgan fingerprint density at radius 3 is 2.96 bits per heavy atom. The quantitative estimate of drug-likeness (QED) is 0.769. The molecule has 8 heteroatoms. The van der Waals surface area contributed by atoms with Gasteiger partial charge in [-0.2, -0.15) is 0 Å². The van der Waals surface area contributed by atoms with Crippen LogP contribution < -0.4 is 0 Å². The van der Waals surface area contributed by atoms with E-state index < -0.39 is 6.04 Å². The van der Waals surface area contributed by atoms with E-state index in [0.717, 1.165) is 11.3 Å². The molecule has 1 aliphatic heterocycles. The zero-order valence-electron chi connectivity index (χ0n) is 13.7. The van der Waals surface area contributed by atoms with Crippen molar-refractivity contribution in [2.45, 2.75) is 38.6 Å². The topological polar surface area (TPSA) is 85.5 Å². The molecular formula is C16H19N3O4S. The van der Waals surface area contributed by atoms with Crippen molar-refractivity contribution in [1.82, 2.24) is 15.1 Å². The van der Waals surface area contributed by atoms with Crippen molar-refractivity contribution in [3.8, 4) is 10.8 Å². The van der Waals surface area contributed by atoms with Gasteiger partial charge in [0.05, 0.1) is 12.0 Å². The molecule has 128 valence electrons. The van der Waals surface area contributed by atoms with Crippen molar-refractivity contribution < 1.29 is 18.7 Å². The van der Waals surface area contributed by atoms with E-state index in [4.69, 9.17) is 9.15 Å². The van der Waals surface area contributed by atoms with Crippen LogP contribution in [0.1, 0.15) is 30.0 Å². The van der Waals surface area contributed by atoms with Crippen molar-refractivity contribution in [2.24, 2.45) is 0 Å². The van der Waals surface area contributed by atoms with E-state index >= 15 is 0 Å². The van der Waals surface area contributed by atoms with Crippen LogP contribution in [0.15, 0.2) is 16.5 Å². The van der Waals surface area contributed by atoms with Crippen molar-refractivity contribution in [3.05, 3.63) is 22.9 Å². The second-order valence-corrected chi connectivity index (χ2v) is 6.97. The lowest BCUT2D eigenvalue weighted by Crippen LogP contribution is -2.41. The summed E-state index contributed by atoms with van der Waals surface area (Å²) in [5.74, 6) is 0.464. The number of carbonyl (C=O) groups is 2. The third-order valence-corrected chi connectivity index (χ3v) is 5.01. The van der Waals surface area contributed by atoms with Crippen molar-refractivity contribution in [2.75, 3.05) is 13.7 Å². The summed E-state index contributed by atoms with van der Waals surface area (Å²) in [5.41, 5.74) is 0. The fourth-order valence-corrected chi connectivity index (χ4v) is 3.60. The van der Waals surface area contributed by atoms with Gasteiger partial charge in [-0.15, -0.1) is 21.5 Å². The summed E-state index contributed by atoms with van der Waals surface area (Å²) in [5, 5.41) is 8.02. The monoisotopic (exact) mass is 349 g/mol. The molecule has 3 heterocycles. The number of thiophene rings is 1. The highest BCUT2D eigenvalue weighted by atomic mass is 32.1. The molecule has 7 nitrogen and oxygen atoms in total. The van der Waals surface area contributed by atoms with Gasteiger partial charge in [-0.1, -0.05) is 0 Å². The van der Waals surface area contributed by atoms with Gasteiger partial charge in [-0.25, -0.2) is 4.79 Å². The standard InChI is InChI=1S/C16H19N3O4S/c1-10-5-6-12(24-10)15-18-17-13(23-15)7-8-14(20)19-9-3-4-11(19)16(21)22-2/h5-6,11H,3-4,7-9H2,1-2H3/t11-/m0/s1. The summed E-state index contributed by atoms with van der Waals surface area (Å²) in [7, 11) is 1.34. The highest BCUT2D eigenvalue weighted by Gasteiger charge is 2.34. The summed E-state index contributed by atoms with van der Waals surface area (Å²) in [6.07, 6.45) is 2.06. The largest absolute Gasteiger partial charge is 0.467 e. The molecule has 1 saturated heterocycles. The molecule has 1 aliphatic rings. The van der Waals surface area contributed by atoms with E-state index in [9.17, 15) is 9.59 Å². The van der Waals surface area contributed by atoms with Gasteiger partial charge in [0.1, 0.15) is 6.04 Å². The molecule has 0 saturated carbocycles. The molecular weight excluding hydrogens is 330 g/mol. The van der Waals surface area contributed by atoms with Crippen LogP contribution in [0.3, 0.4) is 0 Å². The molecule has 0 unspecified atom stereocenters. The molecule has 0 radical (unpaired) electrons. The second-order valence-electron chi connectivity index (χ2n) is 5.68. The molecule has 2 aromatic heterocycles. The van der Waals surface area contributed by atoms with Gasteiger partial charge in [-0.05, 0) is 31.9 Å². The van der Waals surface area contributed by atoms with Crippen LogP contribution in [0.2, 0.25) is 0 Å². The van der Waals surface area contributed by atoms with Gasteiger partial charge in [0, 0.05) is 24.3 Å². The SMILES string of the molecule is COC(=O)[C@@H]1CCCN1C(=O)CCc1nnc(-c2ccc(C)s2)o1. The molecule has 3 rings (SSSR count). The van der Waals surface area contributed by atoms with Crippen LogP contribution in [-0.4, -0.2) is 46.7 Å². The minimum absolute atomic E-state index is 0.0883. The van der Waals surface area contributed by atoms with Crippen LogP contribution in [0.5, 0.6) is 0 Å². The first kappa shape index (κ1) is 16.6. The average molecular weight is 349 g/mol. The maximum absolute atomic E-state index is 12.4. The van der Waals surface area contributed by atoms with Crippen molar-refractivity contribution in [3.63, 3.8) is 0 Å². The predicted molar refractivity (Wildman–Crippen MR) is 87.4 cm³/mol. The Morgan fingerprint density at radius 1 is 1.42 bits per heavy atom. The fraction of sp³-hybridized carbons (Fsp3) is 0.500. The Labute approximate surface area is 143 Å². The van der Waals surface area contributed by atoms with E-state index in [2.05, 4.69) is 10.2 Å². The number of rotatable bonds is 5. The van der Waals surface area contributed by atoms with E-state index in [1.165, 1.54) is 12.0 Å². The second kappa shape index (κ2) is 7.12. The number of nitrogens with zero attached hydrogens (tertiary/aromatic N) is 3.